The van der Waals surface area contributed by atoms with Crippen molar-refractivity contribution in [3.8, 4) is 0 Å². The Bertz CT molecular complexity index is 651. The van der Waals surface area contributed by atoms with Crippen molar-refractivity contribution in [2.75, 3.05) is 0 Å². The van der Waals surface area contributed by atoms with Gasteiger partial charge >= 0.3 is 0 Å². The van der Waals surface area contributed by atoms with Crippen LogP contribution in [0.15, 0.2) is 48.5 Å². The third kappa shape index (κ3) is 2.56. The molecule has 2 aromatic rings. The van der Waals surface area contributed by atoms with Gasteiger partial charge < -0.3 is 9.59 Å². The molecule has 0 fully saturated rings. The second-order valence-electron chi connectivity index (χ2n) is 4.88. The van der Waals surface area contributed by atoms with E-state index < -0.39 is 19.7 Å². The number of halogens is 2. The summed E-state index contributed by atoms with van der Waals surface area (Å²) in [5.74, 6) is -1.05. The predicted molar refractivity (Wildman–Crippen MR) is 79.2 cm³/mol. The van der Waals surface area contributed by atoms with Crippen LogP contribution in [0.2, 0.25) is 0 Å². The van der Waals surface area contributed by atoms with Crippen LogP contribution in [0, 0.1) is 11.6 Å². The fourth-order valence-electron chi connectivity index (χ4n) is 2.67. The van der Waals surface area contributed by atoms with Crippen LogP contribution in [0.4, 0.5) is 8.78 Å². The van der Waals surface area contributed by atoms with Crippen molar-refractivity contribution >= 4 is 29.3 Å². The molecule has 0 aliphatic carbocycles. The zero-order valence-electron chi connectivity index (χ0n) is 11.7. The fourth-order valence-corrected chi connectivity index (χ4v) is 6.53. The van der Waals surface area contributed by atoms with Crippen LogP contribution >= 0.6 is 0 Å². The summed E-state index contributed by atoms with van der Waals surface area (Å²) < 4.78 is 27.1. The van der Waals surface area contributed by atoms with E-state index >= 15 is 0 Å². The van der Waals surface area contributed by atoms with Gasteiger partial charge in [0.05, 0.1) is 0 Å². The summed E-state index contributed by atoms with van der Waals surface area (Å²) >= 11 is 0. The topological polar surface area (TPSA) is 34.1 Å². The first-order valence-corrected chi connectivity index (χ1v) is 8.43. The molecule has 21 heavy (non-hydrogen) atoms. The lowest BCUT2D eigenvalue weighted by molar-refractivity contribution is -0.114. The molecule has 0 aliphatic rings. The molecular formula is C16H14F2O2Si. The third-order valence-corrected chi connectivity index (χ3v) is 8.04. The molecule has 5 heteroatoms. The quantitative estimate of drug-likeness (QED) is 0.807. The number of carbonyl (C=O) groups is 2. The van der Waals surface area contributed by atoms with Crippen LogP contribution in [0.25, 0.3) is 0 Å². The van der Waals surface area contributed by atoms with Crippen molar-refractivity contribution in [2.45, 2.75) is 13.8 Å². The molecule has 0 bridgehead atoms. The van der Waals surface area contributed by atoms with Crippen LogP contribution in [-0.4, -0.2) is 18.9 Å². The Hall–Kier alpha value is -2.14. The molecule has 0 saturated heterocycles. The predicted octanol–water partition coefficient (Wildman–Crippen LogP) is 1.78. The molecule has 2 nitrogen and oxygen atoms in total. The largest absolute Gasteiger partial charge is 0.304 e. The molecule has 2 aromatic carbocycles. The smallest absolute Gasteiger partial charge is 0.266 e. The van der Waals surface area contributed by atoms with Crippen molar-refractivity contribution in [2.24, 2.45) is 0 Å². The molecule has 2 rings (SSSR count). The number of hydrogen-bond donors (Lipinski definition) is 0. The van der Waals surface area contributed by atoms with Crippen LogP contribution < -0.4 is 10.4 Å². The molecule has 0 heterocycles. The zero-order valence-corrected chi connectivity index (χ0v) is 12.7. The van der Waals surface area contributed by atoms with E-state index in [-0.39, 0.29) is 10.8 Å². The van der Waals surface area contributed by atoms with E-state index in [4.69, 9.17) is 0 Å². The lowest BCUT2D eigenvalue weighted by atomic mass is 10.3. The van der Waals surface area contributed by atoms with Crippen LogP contribution in [0.3, 0.4) is 0 Å². The number of benzene rings is 2. The highest BCUT2D eigenvalue weighted by Crippen LogP contribution is 2.11. The van der Waals surface area contributed by atoms with E-state index in [0.29, 0.717) is 10.4 Å². The van der Waals surface area contributed by atoms with Gasteiger partial charge in [-0.05, 0) is 48.5 Å². The molecule has 0 aliphatic heterocycles. The SMILES string of the molecule is CC(=O)[Si](C(C)=O)(c1cccc(F)c1)c1cccc(F)c1. The van der Waals surface area contributed by atoms with Crippen molar-refractivity contribution in [1.29, 1.82) is 0 Å². The minimum Gasteiger partial charge on any atom is -0.304 e. The summed E-state index contributed by atoms with van der Waals surface area (Å²) in [6.45, 7) is 2.62. The fraction of sp³-hybridized carbons (Fsp3) is 0.125. The monoisotopic (exact) mass is 304 g/mol. The molecule has 0 N–H and O–H groups in total. The van der Waals surface area contributed by atoms with Crippen LogP contribution in [-0.2, 0) is 9.59 Å². The second-order valence-corrected chi connectivity index (χ2v) is 8.95. The average Bonchev–Trinajstić information content (AvgIpc) is 2.38. The van der Waals surface area contributed by atoms with Gasteiger partial charge in [-0.25, -0.2) is 8.78 Å². The van der Waals surface area contributed by atoms with Crippen molar-refractivity contribution in [3.05, 3.63) is 60.2 Å². The van der Waals surface area contributed by atoms with Gasteiger partial charge in [0.1, 0.15) is 22.4 Å². The molecule has 0 spiro atoms. The van der Waals surface area contributed by atoms with E-state index in [0.717, 1.165) is 0 Å². The highest BCUT2D eigenvalue weighted by Gasteiger charge is 2.48. The standard InChI is InChI=1S/C16H14F2O2Si/c1-11(19)21(12(2)20,15-7-3-5-13(17)9-15)16-8-4-6-14(18)10-16/h3-10H,1-2H3. The van der Waals surface area contributed by atoms with Crippen molar-refractivity contribution in [3.63, 3.8) is 0 Å². The van der Waals surface area contributed by atoms with E-state index in [1.165, 1.54) is 50.2 Å². The van der Waals surface area contributed by atoms with Gasteiger partial charge in [0.2, 0.25) is 0 Å². The molecule has 0 aromatic heterocycles. The van der Waals surface area contributed by atoms with Gasteiger partial charge in [-0.15, -0.1) is 0 Å². The molecule has 0 radical (unpaired) electrons. The maximum Gasteiger partial charge on any atom is 0.266 e. The maximum absolute atomic E-state index is 13.5. The molecule has 0 amide bonds. The van der Waals surface area contributed by atoms with Gasteiger partial charge in [-0.2, -0.15) is 0 Å². The lowest BCUT2D eigenvalue weighted by Crippen LogP contribution is -2.69. The van der Waals surface area contributed by atoms with E-state index in [2.05, 4.69) is 0 Å². The molecule has 108 valence electrons. The molecule has 0 atom stereocenters. The summed E-state index contributed by atoms with van der Waals surface area (Å²) in [5, 5.41) is -0.00130. The maximum atomic E-state index is 13.5. The Morgan fingerprint density at radius 3 is 1.48 bits per heavy atom. The first-order valence-electron chi connectivity index (χ1n) is 6.43. The van der Waals surface area contributed by atoms with Gasteiger partial charge in [0, 0.05) is 0 Å². The lowest BCUT2D eigenvalue weighted by Gasteiger charge is -2.27. The van der Waals surface area contributed by atoms with E-state index in [1.807, 2.05) is 0 Å². The van der Waals surface area contributed by atoms with E-state index in [9.17, 15) is 18.4 Å². The van der Waals surface area contributed by atoms with Crippen molar-refractivity contribution < 1.29 is 18.4 Å². The molecule has 0 unspecified atom stereocenters. The average molecular weight is 304 g/mol. The molecule has 0 saturated carbocycles. The number of carbonyl (C=O) groups excluding carboxylic acids is 2. The van der Waals surface area contributed by atoms with Crippen LogP contribution in [0.5, 0.6) is 0 Å². The summed E-state index contributed by atoms with van der Waals surface area (Å²) in [6, 6.07) is 10.9. The Morgan fingerprint density at radius 2 is 1.19 bits per heavy atom. The summed E-state index contributed by atoms with van der Waals surface area (Å²) in [7, 11) is -3.52. The van der Waals surface area contributed by atoms with Gasteiger partial charge in [-0.3, -0.25) is 0 Å². The highest BCUT2D eigenvalue weighted by atomic mass is 28.3. The Balaban J connectivity index is 2.82. The first-order chi connectivity index (χ1) is 9.88. The normalized spacial score (nSPS) is 11.2. The summed E-state index contributed by atoms with van der Waals surface area (Å²) in [5.41, 5.74) is 0. The first kappa shape index (κ1) is 15.2. The van der Waals surface area contributed by atoms with Gasteiger partial charge in [0.25, 0.3) is 8.07 Å². The second kappa shape index (κ2) is 5.69. The number of rotatable bonds is 4. The van der Waals surface area contributed by atoms with Gasteiger partial charge in [-0.1, -0.05) is 24.3 Å². The minimum atomic E-state index is -3.52. The summed E-state index contributed by atoms with van der Waals surface area (Å²) in [4.78, 5) is 24.7. The highest BCUT2D eigenvalue weighted by molar-refractivity contribution is 7.38. The summed E-state index contributed by atoms with van der Waals surface area (Å²) in [6.07, 6.45) is 0. The Morgan fingerprint density at radius 1 is 0.810 bits per heavy atom. The minimum absolute atomic E-state index is 0.341. The molecular weight excluding hydrogens is 290 g/mol. The Labute approximate surface area is 122 Å². The van der Waals surface area contributed by atoms with E-state index in [1.54, 1.807) is 12.1 Å². The Kier molecular flexibility index (Phi) is 4.13. The van der Waals surface area contributed by atoms with Crippen LogP contribution in [0.1, 0.15) is 13.8 Å². The van der Waals surface area contributed by atoms with Crippen molar-refractivity contribution in [1.82, 2.24) is 0 Å². The number of hydrogen-bond acceptors (Lipinski definition) is 2. The zero-order chi connectivity index (χ0) is 15.6. The van der Waals surface area contributed by atoms with Gasteiger partial charge in [0.15, 0.2) is 0 Å². The third-order valence-electron chi connectivity index (χ3n) is 3.57.